The molecule has 96 valence electrons. The van der Waals surface area contributed by atoms with Crippen LogP contribution in [0.15, 0.2) is 30.5 Å². The van der Waals surface area contributed by atoms with Crippen molar-refractivity contribution in [3.63, 3.8) is 0 Å². The zero-order valence-electron chi connectivity index (χ0n) is 10.5. The van der Waals surface area contributed by atoms with Gasteiger partial charge in [0.1, 0.15) is 5.67 Å². The molecular formula is C15H19FN2. The second-order valence-corrected chi connectivity index (χ2v) is 5.29. The van der Waals surface area contributed by atoms with Crippen LogP contribution < -0.4 is 5.32 Å². The number of H-pyrrole nitrogens is 1. The van der Waals surface area contributed by atoms with Crippen molar-refractivity contribution in [1.29, 1.82) is 0 Å². The zero-order chi connectivity index (χ0) is 12.4. The summed E-state index contributed by atoms with van der Waals surface area (Å²) in [6.45, 7) is 1.35. The van der Waals surface area contributed by atoms with Crippen molar-refractivity contribution < 1.29 is 4.39 Å². The smallest absolute Gasteiger partial charge is 0.123 e. The molecule has 1 aliphatic rings. The zero-order valence-corrected chi connectivity index (χ0v) is 10.5. The molecule has 3 heteroatoms. The Labute approximate surface area is 107 Å². The molecule has 0 amide bonds. The van der Waals surface area contributed by atoms with Crippen LogP contribution in [0.3, 0.4) is 0 Å². The van der Waals surface area contributed by atoms with Crippen LogP contribution in [-0.4, -0.2) is 23.7 Å². The number of alkyl halides is 1. The Hall–Kier alpha value is -1.35. The number of hydrogen-bond donors (Lipinski definition) is 2. The summed E-state index contributed by atoms with van der Waals surface area (Å²) in [6, 6.07) is 8.29. The number of rotatable bonds is 5. The van der Waals surface area contributed by atoms with Crippen molar-refractivity contribution in [2.75, 3.05) is 13.1 Å². The van der Waals surface area contributed by atoms with Crippen molar-refractivity contribution in [3.8, 4) is 0 Å². The van der Waals surface area contributed by atoms with Crippen LogP contribution in [-0.2, 0) is 6.42 Å². The average molecular weight is 246 g/mol. The molecule has 2 N–H and O–H groups in total. The molecule has 2 aromatic rings. The summed E-state index contributed by atoms with van der Waals surface area (Å²) in [5.41, 5.74) is 1.56. The van der Waals surface area contributed by atoms with Gasteiger partial charge in [0.2, 0.25) is 0 Å². The maximum atomic E-state index is 13.8. The second kappa shape index (κ2) is 4.73. The number of aromatic nitrogens is 1. The van der Waals surface area contributed by atoms with E-state index in [9.17, 15) is 4.39 Å². The van der Waals surface area contributed by atoms with Crippen molar-refractivity contribution in [1.82, 2.24) is 10.3 Å². The summed E-state index contributed by atoms with van der Waals surface area (Å²) in [6.07, 6.45) is 5.50. The lowest BCUT2D eigenvalue weighted by Gasteiger charge is -2.33. The monoisotopic (exact) mass is 246 g/mol. The fourth-order valence-corrected chi connectivity index (χ4v) is 2.61. The molecule has 0 radical (unpaired) electrons. The SMILES string of the molecule is FC1(CNCCc2c[nH]c3ccccc23)CCC1. The van der Waals surface area contributed by atoms with Crippen molar-refractivity contribution in [2.45, 2.75) is 31.4 Å². The van der Waals surface area contributed by atoms with E-state index < -0.39 is 5.67 Å². The van der Waals surface area contributed by atoms with Crippen LogP contribution in [0, 0.1) is 0 Å². The number of aromatic amines is 1. The molecule has 18 heavy (non-hydrogen) atoms. The predicted octanol–water partition coefficient (Wildman–Crippen LogP) is 3.19. The van der Waals surface area contributed by atoms with Gasteiger partial charge in [-0.3, -0.25) is 0 Å². The third-order valence-electron chi connectivity index (χ3n) is 3.94. The van der Waals surface area contributed by atoms with Gasteiger partial charge in [-0.15, -0.1) is 0 Å². The maximum absolute atomic E-state index is 13.8. The van der Waals surface area contributed by atoms with E-state index in [-0.39, 0.29) is 0 Å². The van der Waals surface area contributed by atoms with Crippen molar-refractivity contribution >= 4 is 10.9 Å². The molecule has 0 atom stereocenters. The van der Waals surface area contributed by atoms with E-state index in [0.29, 0.717) is 6.54 Å². The van der Waals surface area contributed by atoms with E-state index >= 15 is 0 Å². The molecule has 0 saturated heterocycles. The van der Waals surface area contributed by atoms with E-state index in [0.717, 1.165) is 32.2 Å². The minimum atomic E-state index is -0.916. The highest BCUT2D eigenvalue weighted by Gasteiger charge is 2.36. The Kier molecular flexibility index (Phi) is 3.08. The molecule has 0 spiro atoms. The maximum Gasteiger partial charge on any atom is 0.123 e. The van der Waals surface area contributed by atoms with Gasteiger partial charge in [-0.05, 0) is 43.9 Å². The first kappa shape index (κ1) is 11.7. The molecule has 0 aliphatic heterocycles. The summed E-state index contributed by atoms with van der Waals surface area (Å²) < 4.78 is 13.8. The standard InChI is InChI=1S/C15H19FN2/c16-15(7-3-8-15)11-17-9-6-12-10-18-14-5-2-1-4-13(12)14/h1-2,4-5,10,17-18H,3,6-9,11H2. The Morgan fingerprint density at radius 2 is 2.11 bits per heavy atom. The van der Waals surface area contributed by atoms with Gasteiger partial charge >= 0.3 is 0 Å². The van der Waals surface area contributed by atoms with Crippen LogP contribution in [0.2, 0.25) is 0 Å². The van der Waals surface area contributed by atoms with Crippen LogP contribution in [0.4, 0.5) is 4.39 Å². The topological polar surface area (TPSA) is 27.8 Å². The van der Waals surface area contributed by atoms with E-state index in [4.69, 9.17) is 0 Å². The van der Waals surface area contributed by atoms with Gasteiger partial charge < -0.3 is 10.3 Å². The number of hydrogen-bond acceptors (Lipinski definition) is 1. The lowest BCUT2D eigenvalue weighted by atomic mass is 9.82. The normalized spacial score (nSPS) is 17.8. The summed E-state index contributed by atoms with van der Waals surface area (Å²) >= 11 is 0. The Morgan fingerprint density at radius 1 is 1.28 bits per heavy atom. The summed E-state index contributed by atoms with van der Waals surface area (Å²) in [5.74, 6) is 0. The molecule has 0 unspecified atom stereocenters. The van der Waals surface area contributed by atoms with E-state index in [1.807, 2.05) is 6.07 Å². The van der Waals surface area contributed by atoms with Gasteiger partial charge in [0.25, 0.3) is 0 Å². The highest BCUT2D eigenvalue weighted by Crippen LogP contribution is 2.34. The number of benzene rings is 1. The molecule has 3 rings (SSSR count). The summed E-state index contributed by atoms with van der Waals surface area (Å²) in [5, 5.41) is 4.52. The van der Waals surface area contributed by atoms with Crippen molar-refractivity contribution in [2.24, 2.45) is 0 Å². The third kappa shape index (κ3) is 2.27. The summed E-state index contributed by atoms with van der Waals surface area (Å²) in [4.78, 5) is 3.27. The fourth-order valence-electron chi connectivity index (χ4n) is 2.61. The van der Waals surface area contributed by atoms with Crippen molar-refractivity contribution in [3.05, 3.63) is 36.0 Å². The minimum absolute atomic E-state index is 0.509. The minimum Gasteiger partial charge on any atom is -0.361 e. The van der Waals surface area contributed by atoms with Crippen LogP contribution >= 0.6 is 0 Å². The van der Waals surface area contributed by atoms with Crippen LogP contribution in [0.5, 0.6) is 0 Å². The highest BCUT2D eigenvalue weighted by atomic mass is 19.1. The van der Waals surface area contributed by atoms with Gasteiger partial charge in [0, 0.05) is 23.6 Å². The van der Waals surface area contributed by atoms with E-state index in [1.54, 1.807) is 0 Å². The molecule has 1 fully saturated rings. The molecule has 1 aliphatic carbocycles. The molecule has 0 bridgehead atoms. The van der Waals surface area contributed by atoms with Gasteiger partial charge in [0.05, 0.1) is 0 Å². The van der Waals surface area contributed by atoms with Gasteiger partial charge in [-0.1, -0.05) is 18.2 Å². The van der Waals surface area contributed by atoms with Gasteiger partial charge in [-0.25, -0.2) is 4.39 Å². The summed E-state index contributed by atoms with van der Waals surface area (Å²) in [7, 11) is 0. The number of nitrogens with one attached hydrogen (secondary N) is 2. The largest absolute Gasteiger partial charge is 0.361 e. The number of para-hydroxylation sites is 1. The van der Waals surface area contributed by atoms with Crippen LogP contribution in [0.25, 0.3) is 10.9 Å². The van der Waals surface area contributed by atoms with E-state index in [1.165, 1.54) is 16.5 Å². The number of halogens is 1. The van der Waals surface area contributed by atoms with Gasteiger partial charge in [-0.2, -0.15) is 0 Å². The first-order valence-corrected chi connectivity index (χ1v) is 6.72. The lowest BCUT2D eigenvalue weighted by Crippen LogP contribution is -2.42. The Morgan fingerprint density at radius 3 is 2.89 bits per heavy atom. The molecular weight excluding hydrogens is 227 g/mol. The first-order valence-electron chi connectivity index (χ1n) is 6.72. The predicted molar refractivity (Wildman–Crippen MR) is 72.6 cm³/mol. The third-order valence-corrected chi connectivity index (χ3v) is 3.94. The Bertz CT molecular complexity index is 528. The highest BCUT2D eigenvalue weighted by molar-refractivity contribution is 5.83. The molecule has 1 saturated carbocycles. The molecule has 1 aromatic heterocycles. The molecule has 1 aromatic carbocycles. The number of fused-ring (bicyclic) bond motifs is 1. The fraction of sp³-hybridized carbons (Fsp3) is 0.467. The Balaban J connectivity index is 1.53. The molecule has 2 nitrogen and oxygen atoms in total. The van der Waals surface area contributed by atoms with Crippen LogP contribution in [0.1, 0.15) is 24.8 Å². The second-order valence-electron chi connectivity index (χ2n) is 5.29. The van der Waals surface area contributed by atoms with Gasteiger partial charge in [0.15, 0.2) is 0 Å². The average Bonchev–Trinajstić information content (AvgIpc) is 2.76. The van der Waals surface area contributed by atoms with E-state index in [2.05, 4.69) is 34.7 Å². The quantitative estimate of drug-likeness (QED) is 0.779. The first-order chi connectivity index (χ1) is 8.77. The lowest BCUT2D eigenvalue weighted by molar-refractivity contribution is 0.0637. The molecule has 1 heterocycles.